The van der Waals surface area contributed by atoms with Crippen LogP contribution in [0.25, 0.3) is 0 Å². The number of aliphatic carboxylic acids is 1. The Morgan fingerprint density at radius 1 is 1.26 bits per heavy atom. The number of nitrogens with zero attached hydrogens (tertiary/aromatic N) is 2. The van der Waals surface area contributed by atoms with E-state index >= 15 is 0 Å². The largest absolute Gasteiger partial charge is 0.493 e. The summed E-state index contributed by atoms with van der Waals surface area (Å²) in [5, 5.41) is 10.3. The summed E-state index contributed by atoms with van der Waals surface area (Å²) < 4.78 is 42.3. The molecule has 2 aliphatic heterocycles. The molecule has 0 saturated carbocycles. The molecule has 1 aromatic carbocycles. The van der Waals surface area contributed by atoms with Gasteiger partial charge in [0.15, 0.2) is 11.5 Å². The van der Waals surface area contributed by atoms with E-state index in [4.69, 9.17) is 19.9 Å². The van der Waals surface area contributed by atoms with E-state index in [1.54, 1.807) is 17.0 Å². The number of fused-ring (bicyclic) bond motifs is 1. The number of carbonyl (C=O) groups excluding carboxylic acids is 1. The highest BCUT2D eigenvalue weighted by atomic mass is 32.2. The first kappa shape index (κ1) is 29.9. The molecule has 0 aromatic heterocycles. The molecule has 3 atom stereocenters. The smallest absolute Gasteiger partial charge is 0.308 e. The molecule has 214 valence electrons. The summed E-state index contributed by atoms with van der Waals surface area (Å²) in [6, 6.07) is 2.94. The topological polar surface area (TPSA) is 161 Å². The number of likely N-dealkylation sites (tertiary alicyclic amines) is 1. The lowest BCUT2D eigenvalue weighted by Crippen LogP contribution is -2.45. The molecule has 3 rings (SSSR count). The number of hydrogen-bond donors (Lipinski definition) is 3. The number of methoxy groups -OCH3 is 1. The molecule has 0 radical (unpaired) electrons. The van der Waals surface area contributed by atoms with E-state index in [9.17, 15) is 23.1 Å². The molecule has 0 bridgehead atoms. The Hall–Kier alpha value is -2.61. The molecular weight excluding hydrogens is 516 g/mol. The van der Waals surface area contributed by atoms with Gasteiger partial charge in [-0.15, -0.1) is 0 Å². The van der Waals surface area contributed by atoms with Crippen molar-refractivity contribution in [3.8, 4) is 17.2 Å². The minimum absolute atomic E-state index is 0.0276. The van der Waals surface area contributed by atoms with Crippen LogP contribution in [-0.2, 0) is 19.6 Å². The number of ether oxygens (including phenoxy) is 3. The third-order valence-corrected chi connectivity index (χ3v) is 7.78. The quantitative estimate of drug-likeness (QED) is 0.282. The number of benzene rings is 1. The first-order valence-corrected chi connectivity index (χ1v) is 14.9. The number of nitrogens with one attached hydrogen (secondary N) is 1. The minimum atomic E-state index is -3.46. The third kappa shape index (κ3) is 7.49. The van der Waals surface area contributed by atoms with Crippen LogP contribution < -0.4 is 24.7 Å². The van der Waals surface area contributed by atoms with Crippen LogP contribution in [0.15, 0.2) is 12.1 Å². The summed E-state index contributed by atoms with van der Waals surface area (Å²) in [6.07, 6.45) is 3.75. The lowest BCUT2D eigenvalue weighted by atomic mass is 9.84. The van der Waals surface area contributed by atoms with Crippen LogP contribution in [0.1, 0.15) is 44.1 Å². The maximum absolute atomic E-state index is 13.4. The Kier molecular flexibility index (Phi) is 10.6. The van der Waals surface area contributed by atoms with E-state index in [0.717, 1.165) is 19.1 Å². The van der Waals surface area contributed by atoms with Crippen molar-refractivity contribution in [2.45, 2.75) is 44.6 Å². The van der Waals surface area contributed by atoms with Gasteiger partial charge in [-0.1, -0.05) is 13.3 Å². The van der Waals surface area contributed by atoms with Crippen molar-refractivity contribution in [3.63, 3.8) is 0 Å². The number of carbonyl (C=O) groups is 2. The Bertz CT molecular complexity index is 1080. The number of unbranched alkanes of at least 4 members (excludes halogenated alkanes) is 1. The van der Waals surface area contributed by atoms with Gasteiger partial charge in [-0.2, -0.15) is 0 Å². The Balaban J connectivity index is 1.92. The molecule has 0 spiro atoms. The van der Waals surface area contributed by atoms with E-state index in [2.05, 4.69) is 11.6 Å². The van der Waals surface area contributed by atoms with Gasteiger partial charge in [0, 0.05) is 38.1 Å². The zero-order valence-electron chi connectivity index (χ0n) is 22.3. The molecule has 2 aliphatic rings. The molecule has 0 aliphatic carbocycles. The number of hydrogen-bond acceptors (Lipinski definition) is 9. The van der Waals surface area contributed by atoms with Crippen LogP contribution in [0.5, 0.6) is 17.2 Å². The highest BCUT2D eigenvalue weighted by Gasteiger charge is 2.47. The predicted molar refractivity (Wildman–Crippen MR) is 141 cm³/mol. The van der Waals surface area contributed by atoms with Gasteiger partial charge < -0.3 is 30.0 Å². The van der Waals surface area contributed by atoms with Gasteiger partial charge in [0.25, 0.3) is 0 Å². The van der Waals surface area contributed by atoms with E-state index in [1.807, 2.05) is 4.90 Å². The second kappa shape index (κ2) is 13.5. The lowest BCUT2D eigenvalue weighted by molar-refractivity contribution is -0.143. The van der Waals surface area contributed by atoms with Gasteiger partial charge >= 0.3 is 5.97 Å². The number of nitrogens with two attached hydrogens (primary N) is 1. The van der Waals surface area contributed by atoms with Crippen LogP contribution in [0.4, 0.5) is 0 Å². The second-order valence-electron chi connectivity index (χ2n) is 9.76. The molecule has 1 saturated heterocycles. The van der Waals surface area contributed by atoms with Crippen molar-refractivity contribution in [1.82, 2.24) is 14.5 Å². The van der Waals surface area contributed by atoms with Crippen LogP contribution in [0, 0.1) is 5.92 Å². The van der Waals surface area contributed by atoms with Gasteiger partial charge in [0.05, 0.1) is 25.8 Å². The highest BCUT2D eigenvalue weighted by molar-refractivity contribution is 7.88. The van der Waals surface area contributed by atoms with Crippen molar-refractivity contribution in [1.29, 1.82) is 0 Å². The van der Waals surface area contributed by atoms with Gasteiger partial charge in [0.2, 0.25) is 28.5 Å². The Labute approximate surface area is 224 Å². The van der Waals surface area contributed by atoms with Crippen molar-refractivity contribution in [2.75, 3.05) is 59.4 Å². The fourth-order valence-corrected chi connectivity index (χ4v) is 5.70. The van der Waals surface area contributed by atoms with Crippen LogP contribution in [0.3, 0.4) is 0 Å². The number of sulfonamides is 1. The molecule has 12 nitrogen and oxygen atoms in total. The zero-order chi connectivity index (χ0) is 27.9. The van der Waals surface area contributed by atoms with E-state index in [-0.39, 0.29) is 32.2 Å². The van der Waals surface area contributed by atoms with Crippen molar-refractivity contribution < 1.29 is 37.3 Å². The lowest BCUT2D eigenvalue weighted by Gasteiger charge is -2.29. The monoisotopic (exact) mass is 556 g/mol. The molecule has 4 N–H and O–H groups in total. The SMILES string of the molecule is CCCCN(CCCN)C(=O)CN1CC(c2cc(OC)c3c(c2)OCO3)C(C(=O)O)C1CCNS(C)(=O)=O. The maximum atomic E-state index is 13.4. The zero-order valence-corrected chi connectivity index (χ0v) is 23.2. The van der Waals surface area contributed by atoms with Crippen molar-refractivity contribution in [2.24, 2.45) is 11.7 Å². The molecule has 38 heavy (non-hydrogen) atoms. The summed E-state index contributed by atoms with van der Waals surface area (Å²) in [6.45, 7) is 4.09. The Morgan fingerprint density at radius 3 is 2.63 bits per heavy atom. The first-order chi connectivity index (χ1) is 18.1. The molecule has 1 aromatic rings. The molecule has 13 heteroatoms. The van der Waals surface area contributed by atoms with Gasteiger partial charge in [-0.3, -0.25) is 14.5 Å². The summed E-state index contributed by atoms with van der Waals surface area (Å²) >= 11 is 0. The Morgan fingerprint density at radius 2 is 2.00 bits per heavy atom. The van der Waals surface area contributed by atoms with Crippen LogP contribution >= 0.6 is 0 Å². The summed E-state index contributed by atoms with van der Waals surface area (Å²) in [5.74, 6) is -1.11. The summed E-state index contributed by atoms with van der Waals surface area (Å²) in [7, 11) is -1.96. The average Bonchev–Trinajstić information content (AvgIpc) is 3.47. The number of rotatable bonds is 15. The fraction of sp³-hybridized carbons (Fsp3) is 0.680. The normalized spacial score (nSPS) is 21.0. The molecule has 1 fully saturated rings. The van der Waals surface area contributed by atoms with Crippen molar-refractivity contribution >= 4 is 21.9 Å². The van der Waals surface area contributed by atoms with Gasteiger partial charge in [0.1, 0.15) is 0 Å². The van der Waals surface area contributed by atoms with Crippen LogP contribution in [-0.4, -0.2) is 101 Å². The average molecular weight is 557 g/mol. The summed E-state index contributed by atoms with van der Waals surface area (Å²) in [5.41, 5.74) is 6.37. The second-order valence-corrected chi connectivity index (χ2v) is 11.6. The fourth-order valence-electron chi connectivity index (χ4n) is 5.21. The van der Waals surface area contributed by atoms with Gasteiger partial charge in [-0.05, 0) is 43.5 Å². The number of carboxylic acid groups (broad SMARTS) is 1. The molecule has 2 heterocycles. The molecule has 3 unspecified atom stereocenters. The first-order valence-electron chi connectivity index (χ1n) is 13.0. The minimum Gasteiger partial charge on any atom is -0.493 e. The number of carboxylic acids is 1. The van der Waals surface area contributed by atoms with Gasteiger partial charge in [-0.25, -0.2) is 13.1 Å². The predicted octanol–water partition coefficient (Wildman–Crippen LogP) is 0.809. The maximum Gasteiger partial charge on any atom is 0.308 e. The molecular formula is C25H40N4O8S. The van der Waals surface area contributed by atoms with E-state index in [1.165, 1.54) is 7.11 Å². The van der Waals surface area contributed by atoms with Crippen LogP contribution in [0.2, 0.25) is 0 Å². The standard InChI is InChI=1S/C25H40N4O8S/c1-4-5-10-28(11-6-8-26)22(30)15-29-14-18(17-12-20(35-2)24-21(13-17)36-16-37-24)23(25(31)32)19(29)7-9-27-38(3,33)34/h12-13,18-19,23,27H,4-11,14-16,26H2,1-3H3,(H,31,32). The highest BCUT2D eigenvalue weighted by Crippen LogP contribution is 2.47. The molecule has 1 amide bonds. The van der Waals surface area contributed by atoms with Crippen molar-refractivity contribution in [3.05, 3.63) is 17.7 Å². The third-order valence-electron chi connectivity index (χ3n) is 7.05. The number of amides is 1. The van der Waals surface area contributed by atoms with E-state index < -0.39 is 33.9 Å². The van der Waals surface area contributed by atoms with E-state index in [0.29, 0.717) is 55.4 Å². The summed E-state index contributed by atoms with van der Waals surface area (Å²) in [4.78, 5) is 29.7.